The largest absolute Gasteiger partial charge is 0.497 e. The van der Waals surface area contributed by atoms with Crippen LogP contribution in [0.3, 0.4) is 0 Å². The van der Waals surface area contributed by atoms with Crippen molar-refractivity contribution in [2.45, 2.75) is 53.1 Å². The van der Waals surface area contributed by atoms with Crippen LogP contribution in [0.15, 0.2) is 18.2 Å². The van der Waals surface area contributed by atoms with Gasteiger partial charge in [0.2, 0.25) is 0 Å². The summed E-state index contributed by atoms with van der Waals surface area (Å²) in [6, 6.07) is 5.84. The molecule has 19 heavy (non-hydrogen) atoms. The SMILES string of the molecule is COc1ccc(CNC(C)(C)CC(C)(C)C)c(N)c1. The van der Waals surface area contributed by atoms with Crippen LogP contribution in [0.1, 0.15) is 46.6 Å². The van der Waals surface area contributed by atoms with E-state index in [2.05, 4.69) is 39.9 Å². The summed E-state index contributed by atoms with van der Waals surface area (Å²) in [4.78, 5) is 0. The minimum atomic E-state index is 0.0879. The topological polar surface area (TPSA) is 47.3 Å². The molecule has 0 aliphatic heterocycles. The van der Waals surface area contributed by atoms with Gasteiger partial charge in [0, 0.05) is 23.8 Å². The van der Waals surface area contributed by atoms with Crippen LogP contribution in [0, 0.1) is 5.41 Å². The Labute approximate surface area is 117 Å². The van der Waals surface area contributed by atoms with E-state index in [1.165, 1.54) is 0 Å². The fraction of sp³-hybridized carbons (Fsp3) is 0.625. The molecular formula is C16H28N2O. The fourth-order valence-electron chi connectivity index (χ4n) is 2.58. The van der Waals surface area contributed by atoms with Crippen molar-refractivity contribution < 1.29 is 4.74 Å². The molecule has 3 N–H and O–H groups in total. The Morgan fingerprint density at radius 1 is 1.16 bits per heavy atom. The van der Waals surface area contributed by atoms with Gasteiger partial charge in [-0.3, -0.25) is 0 Å². The van der Waals surface area contributed by atoms with Gasteiger partial charge in [0.05, 0.1) is 7.11 Å². The summed E-state index contributed by atoms with van der Waals surface area (Å²) in [7, 11) is 1.65. The molecule has 108 valence electrons. The predicted octanol–water partition coefficient (Wildman–Crippen LogP) is 3.58. The summed E-state index contributed by atoms with van der Waals surface area (Å²) < 4.78 is 5.16. The first-order chi connectivity index (χ1) is 8.63. The molecule has 0 amide bonds. The lowest BCUT2D eigenvalue weighted by Crippen LogP contribution is -2.41. The predicted molar refractivity (Wildman–Crippen MR) is 82.4 cm³/mol. The Morgan fingerprint density at radius 3 is 2.26 bits per heavy atom. The molecule has 3 heteroatoms. The van der Waals surface area contributed by atoms with Gasteiger partial charge in [0.1, 0.15) is 5.75 Å². The molecule has 0 bridgehead atoms. The van der Waals surface area contributed by atoms with Gasteiger partial charge in [0.25, 0.3) is 0 Å². The van der Waals surface area contributed by atoms with Crippen molar-refractivity contribution in [2.75, 3.05) is 12.8 Å². The van der Waals surface area contributed by atoms with Gasteiger partial charge in [-0.25, -0.2) is 0 Å². The number of nitrogen functional groups attached to an aromatic ring is 1. The smallest absolute Gasteiger partial charge is 0.120 e. The Balaban J connectivity index is 2.66. The van der Waals surface area contributed by atoms with Crippen molar-refractivity contribution in [2.24, 2.45) is 5.41 Å². The lowest BCUT2D eigenvalue weighted by Gasteiger charge is -2.33. The summed E-state index contributed by atoms with van der Waals surface area (Å²) in [5.41, 5.74) is 8.32. The number of ether oxygens (including phenoxy) is 1. The van der Waals surface area contributed by atoms with Crippen molar-refractivity contribution in [3.8, 4) is 5.75 Å². The number of anilines is 1. The summed E-state index contributed by atoms with van der Waals surface area (Å²) in [5.74, 6) is 0.801. The van der Waals surface area contributed by atoms with E-state index in [-0.39, 0.29) is 5.54 Å². The average molecular weight is 264 g/mol. The van der Waals surface area contributed by atoms with E-state index < -0.39 is 0 Å². The number of methoxy groups -OCH3 is 1. The van der Waals surface area contributed by atoms with Crippen LogP contribution in [0.4, 0.5) is 5.69 Å². The minimum Gasteiger partial charge on any atom is -0.497 e. The Bertz CT molecular complexity index is 419. The van der Waals surface area contributed by atoms with E-state index in [4.69, 9.17) is 10.5 Å². The zero-order chi connectivity index (χ0) is 14.7. The van der Waals surface area contributed by atoms with Crippen molar-refractivity contribution in [1.82, 2.24) is 5.32 Å². The molecule has 0 aliphatic carbocycles. The molecule has 1 aromatic rings. The zero-order valence-electron chi connectivity index (χ0n) is 13.1. The van der Waals surface area contributed by atoms with E-state index in [1.807, 2.05) is 18.2 Å². The molecule has 0 atom stereocenters. The van der Waals surface area contributed by atoms with E-state index in [9.17, 15) is 0 Å². The maximum Gasteiger partial charge on any atom is 0.120 e. The van der Waals surface area contributed by atoms with Gasteiger partial charge < -0.3 is 15.8 Å². The molecule has 0 unspecified atom stereocenters. The highest BCUT2D eigenvalue weighted by atomic mass is 16.5. The second-order valence-corrected chi connectivity index (χ2v) is 7.04. The first-order valence-electron chi connectivity index (χ1n) is 6.80. The molecule has 0 saturated heterocycles. The highest BCUT2D eigenvalue weighted by Gasteiger charge is 2.24. The van der Waals surface area contributed by atoms with Crippen LogP contribution >= 0.6 is 0 Å². The molecular weight excluding hydrogens is 236 g/mol. The van der Waals surface area contributed by atoms with Crippen molar-refractivity contribution >= 4 is 5.69 Å². The maximum absolute atomic E-state index is 6.03. The number of hydrogen-bond donors (Lipinski definition) is 2. The molecule has 0 heterocycles. The summed E-state index contributed by atoms with van der Waals surface area (Å²) in [6.45, 7) is 12.0. The Kier molecular flexibility index (Phi) is 4.86. The Morgan fingerprint density at radius 2 is 1.79 bits per heavy atom. The summed E-state index contributed by atoms with van der Waals surface area (Å²) in [5, 5.41) is 3.59. The summed E-state index contributed by atoms with van der Waals surface area (Å²) in [6.07, 6.45) is 1.11. The summed E-state index contributed by atoms with van der Waals surface area (Å²) >= 11 is 0. The third-order valence-corrected chi connectivity index (χ3v) is 3.08. The molecule has 1 aromatic carbocycles. The second kappa shape index (κ2) is 5.83. The Hall–Kier alpha value is -1.22. The maximum atomic E-state index is 6.03. The lowest BCUT2D eigenvalue weighted by molar-refractivity contribution is 0.241. The monoisotopic (exact) mass is 264 g/mol. The highest BCUT2D eigenvalue weighted by Crippen LogP contribution is 2.27. The quantitative estimate of drug-likeness (QED) is 0.799. The molecule has 0 aromatic heterocycles. The molecule has 1 rings (SSSR count). The number of nitrogens with two attached hydrogens (primary N) is 1. The minimum absolute atomic E-state index is 0.0879. The average Bonchev–Trinajstić information content (AvgIpc) is 2.24. The van der Waals surface area contributed by atoms with E-state index in [0.29, 0.717) is 5.41 Å². The van der Waals surface area contributed by atoms with Crippen molar-refractivity contribution in [1.29, 1.82) is 0 Å². The van der Waals surface area contributed by atoms with Gasteiger partial charge in [-0.2, -0.15) is 0 Å². The number of nitrogens with one attached hydrogen (secondary N) is 1. The molecule has 0 radical (unpaired) electrons. The van der Waals surface area contributed by atoms with Crippen LogP contribution in [0.2, 0.25) is 0 Å². The normalized spacial score (nSPS) is 12.5. The molecule has 0 fully saturated rings. The van der Waals surface area contributed by atoms with Crippen molar-refractivity contribution in [3.63, 3.8) is 0 Å². The van der Waals surface area contributed by atoms with E-state index in [1.54, 1.807) is 7.11 Å². The van der Waals surface area contributed by atoms with Gasteiger partial charge in [-0.15, -0.1) is 0 Å². The standard InChI is InChI=1S/C16H28N2O/c1-15(2,3)11-16(4,5)18-10-12-7-8-13(19-6)9-14(12)17/h7-9,18H,10-11,17H2,1-6H3. The molecule has 0 spiro atoms. The van der Waals surface area contributed by atoms with Crippen LogP contribution in [0.5, 0.6) is 5.75 Å². The number of benzene rings is 1. The zero-order valence-corrected chi connectivity index (χ0v) is 13.1. The van der Waals surface area contributed by atoms with E-state index >= 15 is 0 Å². The van der Waals surface area contributed by atoms with Gasteiger partial charge in [-0.1, -0.05) is 26.8 Å². The fourth-order valence-corrected chi connectivity index (χ4v) is 2.58. The van der Waals surface area contributed by atoms with Gasteiger partial charge in [-0.05, 0) is 37.3 Å². The van der Waals surface area contributed by atoms with Crippen LogP contribution in [-0.4, -0.2) is 12.6 Å². The molecule has 0 saturated carbocycles. The lowest BCUT2D eigenvalue weighted by atomic mass is 9.81. The third kappa shape index (κ3) is 5.52. The van der Waals surface area contributed by atoms with Gasteiger partial charge in [0.15, 0.2) is 0 Å². The van der Waals surface area contributed by atoms with Crippen LogP contribution in [0.25, 0.3) is 0 Å². The third-order valence-electron chi connectivity index (χ3n) is 3.08. The van der Waals surface area contributed by atoms with Gasteiger partial charge >= 0.3 is 0 Å². The number of rotatable bonds is 5. The first kappa shape index (κ1) is 15.8. The van der Waals surface area contributed by atoms with E-state index in [0.717, 1.165) is 30.0 Å². The van der Waals surface area contributed by atoms with Crippen molar-refractivity contribution in [3.05, 3.63) is 23.8 Å². The second-order valence-electron chi connectivity index (χ2n) is 7.04. The molecule has 3 nitrogen and oxygen atoms in total. The molecule has 0 aliphatic rings. The van der Waals surface area contributed by atoms with Crippen LogP contribution in [-0.2, 0) is 6.54 Å². The number of hydrogen-bond acceptors (Lipinski definition) is 3. The first-order valence-corrected chi connectivity index (χ1v) is 6.80. The van der Waals surface area contributed by atoms with Crippen LogP contribution < -0.4 is 15.8 Å². The highest BCUT2D eigenvalue weighted by molar-refractivity contribution is 5.51.